The fourth-order valence-electron chi connectivity index (χ4n) is 2.72. The number of nitrogens with one attached hydrogen (secondary N) is 1. The Morgan fingerprint density at radius 3 is 2.30 bits per heavy atom. The van der Waals surface area contributed by atoms with Gasteiger partial charge in [-0.05, 0) is 24.7 Å². The smallest absolute Gasteiger partial charge is 0.246 e. The molecule has 0 bridgehead atoms. The van der Waals surface area contributed by atoms with E-state index in [9.17, 15) is 9.59 Å². The van der Waals surface area contributed by atoms with Crippen molar-refractivity contribution in [1.29, 1.82) is 0 Å². The van der Waals surface area contributed by atoms with E-state index in [1.165, 1.54) is 0 Å². The van der Waals surface area contributed by atoms with Crippen molar-refractivity contribution in [1.82, 2.24) is 10.2 Å². The third-order valence-electron chi connectivity index (χ3n) is 3.89. The summed E-state index contributed by atoms with van der Waals surface area (Å²) in [5.41, 5.74) is 0. The Balaban J connectivity index is 2.85. The van der Waals surface area contributed by atoms with Gasteiger partial charge in [0, 0.05) is 6.54 Å². The molecule has 1 N–H and O–H groups in total. The molecule has 0 aromatic carbocycles. The van der Waals surface area contributed by atoms with Crippen molar-refractivity contribution in [2.45, 2.75) is 72.4 Å². The van der Waals surface area contributed by atoms with E-state index in [1.54, 1.807) is 0 Å². The van der Waals surface area contributed by atoms with E-state index in [0.29, 0.717) is 12.5 Å². The van der Waals surface area contributed by atoms with Crippen molar-refractivity contribution < 1.29 is 9.59 Å². The first-order valence-corrected chi connectivity index (χ1v) is 7.99. The van der Waals surface area contributed by atoms with Crippen molar-refractivity contribution in [2.24, 2.45) is 11.8 Å². The molecule has 0 aromatic rings. The number of piperazine rings is 1. The third kappa shape index (κ3) is 4.22. The molecule has 4 nitrogen and oxygen atoms in total. The molecule has 4 heteroatoms. The highest BCUT2D eigenvalue weighted by molar-refractivity contribution is 5.97. The Hall–Kier alpha value is -1.06. The maximum atomic E-state index is 12.6. The summed E-state index contributed by atoms with van der Waals surface area (Å²) in [6.07, 6.45) is 3.95. The molecule has 1 heterocycles. The number of hydrogen-bond donors (Lipinski definition) is 1. The molecule has 1 aliphatic rings. The summed E-state index contributed by atoms with van der Waals surface area (Å²) in [6, 6.07) is -0.637. The van der Waals surface area contributed by atoms with E-state index < -0.39 is 0 Å². The molecule has 1 fully saturated rings. The molecule has 0 radical (unpaired) electrons. The Bertz CT molecular complexity index is 339. The predicted molar refractivity (Wildman–Crippen MR) is 81.2 cm³/mol. The number of carbonyl (C=O) groups is 2. The molecule has 1 rings (SSSR count). The Morgan fingerprint density at radius 1 is 1.15 bits per heavy atom. The summed E-state index contributed by atoms with van der Waals surface area (Å²) in [7, 11) is 0. The minimum absolute atomic E-state index is 0.0218. The molecule has 2 unspecified atom stereocenters. The molecule has 1 saturated heterocycles. The van der Waals surface area contributed by atoms with Crippen LogP contribution in [0.15, 0.2) is 0 Å². The lowest BCUT2D eigenvalue weighted by Crippen LogP contribution is -2.65. The third-order valence-corrected chi connectivity index (χ3v) is 3.89. The molecule has 0 spiro atoms. The number of rotatable bonds is 7. The highest BCUT2D eigenvalue weighted by Crippen LogP contribution is 2.21. The minimum Gasteiger partial charge on any atom is -0.342 e. The van der Waals surface area contributed by atoms with E-state index in [0.717, 1.165) is 25.7 Å². The first-order valence-electron chi connectivity index (χ1n) is 7.99. The molecule has 2 atom stereocenters. The monoisotopic (exact) mass is 282 g/mol. The van der Waals surface area contributed by atoms with Crippen molar-refractivity contribution in [3.63, 3.8) is 0 Å². The standard InChI is InChI=1S/C16H30N2O2/c1-6-7-8-9-18-13(10-11(2)3)15(19)17-14(12(4)5)16(18)20/h11-14H,6-10H2,1-5H3,(H,17,19). The van der Waals surface area contributed by atoms with Crippen LogP contribution in [0, 0.1) is 11.8 Å². The summed E-state index contributed by atoms with van der Waals surface area (Å²) in [6.45, 7) is 11.0. The van der Waals surface area contributed by atoms with Crippen molar-refractivity contribution in [3.05, 3.63) is 0 Å². The summed E-state index contributed by atoms with van der Waals surface area (Å²) < 4.78 is 0. The fraction of sp³-hybridized carbons (Fsp3) is 0.875. The van der Waals surface area contributed by atoms with Crippen LogP contribution in [0.2, 0.25) is 0 Å². The topological polar surface area (TPSA) is 49.4 Å². The lowest BCUT2D eigenvalue weighted by atomic mass is 9.93. The number of amides is 2. The largest absolute Gasteiger partial charge is 0.342 e. The molecule has 2 amide bonds. The summed E-state index contributed by atoms with van der Waals surface area (Å²) in [4.78, 5) is 26.8. The quantitative estimate of drug-likeness (QED) is 0.730. The number of carbonyl (C=O) groups excluding carboxylic acids is 2. The fourth-order valence-corrected chi connectivity index (χ4v) is 2.72. The Morgan fingerprint density at radius 2 is 1.80 bits per heavy atom. The highest BCUT2D eigenvalue weighted by Gasteiger charge is 2.41. The maximum absolute atomic E-state index is 12.6. The molecule has 0 saturated carbocycles. The van der Waals surface area contributed by atoms with E-state index in [4.69, 9.17) is 0 Å². The normalized spacial score (nSPS) is 23.6. The van der Waals surface area contributed by atoms with Gasteiger partial charge in [0.05, 0.1) is 0 Å². The van der Waals surface area contributed by atoms with Crippen LogP contribution < -0.4 is 5.32 Å². The minimum atomic E-state index is -0.354. The van der Waals surface area contributed by atoms with Crippen LogP contribution in [0.5, 0.6) is 0 Å². The van der Waals surface area contributed by atoms with Crippen molar-refractivity contribution >= 4 is 11.8 Å². The second kappa shape index (κ2) is 7.65. The van der Waals surface area contributed by atoms with Gasteiger partial charge in [0.2, 0.25) is 11.8 Å². The SMILES string of the molecule is CCCCCN1C(=O)C(C(C)C)NC(=O)C1CC(C)C. The van der Waals surface area contributed by atoms with Crippen LogP contribution in [0.4, 0.5) is 0 Å². The van der Waals surface area contributed by atoms with Crippen LogP contribution in [0.25, 0.3) is 0 Å². The van der Waals surface area contributed by atoms with Gasteiger partial charge in [0.15, 0.2) is 0 Å². The van der Waals surface area contributed by atoms with Crippen LogP contribution in [0.3, 0.4) is 0 Å². The average Bonchev–Trinajstić information content (AvgIpc) is 2.36. The van der Waals surface area contributed by atoms with E-state index in [-0.39, 0.29) is 29.8 Å². The van der Waals surface area contributed by atoms with Gasteiger partial charge in [-0.25, -0.2) is 0 Å². The van der Waals surface area contributed by atoms with Gasteiger partial charge >= 0.3 is 0 Å². The maximum Gasteiger partial charge on any atom is 0.246 e. The van der Waals surface area contributed by atoms with Gasteiger partial charge in [-0.3, -0.25) is 9.59 Å². The van der Waals surface area contributed by atoms with Crippen LogP contribution in [-0.4, -0.2) is 35.3 Å². The molecule has 0 aliphatic carbocycles. The molecule has 20 heavy (non-hydrogen) atoms. The zero-order valence-corrected chi connectivity index (χ0v) is 13.6. The summed E-state index contributed by atoms with van der Waals surface area (Å²) in [5, 5.41) is 2.91. The molecular weight excluding hydrogens is 252 g/mol. The van der Waals surface area contributed by atoms with Crippen LogP contribution in [-0.2, 0) is 9.59 Å². The first-order chi connectivity index (χ1) is 9.38. The molecule has 1 aliphatic heterocycles. The second-order valence-corrected chi connectivity index (χ2v) is 6.61. The van der Waals surface area contributed by atoms with E-state index >= 15 is 0 Å². The summed E-state index contributed by atoms with van der Waals surface area (Å²) >= 11 is 0. The second-order valence-electron chi connectivity index (χ2n) is 6.61. The van der Waals surface area contributed by atoms with Gasteiger partial charge in [0.1, 0.15) is 12.1 Å². The average molecular weight is 282 g/mol. The van der Waals surface area contributed by atoms with Gasteiger partial charge in [0.25, 0.3) is 0 Å². The van der Waals surface area contributed by atoms with Crippen LogP contribution in [0.1, 0.15) is 60.3 Å². The van der Waals surface area contributed by atoms with Gasteiger partial charge in [-0.15, -0.1) is 0 Å². The first kappa shape index (κ1) is 17.0. The lowest BCUT2D eigenvalue weighted by Gasteiger charge is -2.41. The van der Waals surface area contributed by atoms with Gasteiger partial charge in [-0.1, -0.05) is 47.5 Å². The van der Waals surface area contributed by atoms with E-state index in [1.807, 2.05) is 18.7 Å². The van der Waals surface area contributed by atoms with E-state index in [2.05, 4.69) is 26.1 Å². The lowest BCUT2D eigenvalue weighted by molar-refractivity contribution is -0.151. The van der Waals surface area contributed by atoms with Crippen LogP contribution >= 0.6 is 0 Å². The predicted octanol–water partition coefficient (Wildman–Crippen LogP) is 2.57. The zero-order valence-electron chi connectivity index (χ0n) is 13.6. The number of hydrogen-bond acceptors (Lipinski definition) is 2. The molecule has 116 valence electrons. The summed E-state index contributed by atoms with van der Waals surface area (Å²) in [5.74, 6) is 0.665. The zero-order chi connectivity index (χ0) is 15.3. The Labute approximate surface area is 123 Å². The molecular formula is C16H30N2O2. The van der Waals surface area contributed by atoms with Gasteiger partial charge < -0.3 is 10.2 Å². The van der Waals surface area contributed by atoms with Crippen molar-refractivity contribution in [2.75, 3.05) is 6.54 Å². The highest BCUT2D eigenvalue weighted by atomic mass is 16.2. The number of unbranched alkanes of at least 4 members (excludes halogenated alkanes) is 2. The van der Waals surface area contributed by atoms with Crippen molar-refractivity contribution in [3.8, 4) is 0 Å². The van der Waals surface area contributed by atoms with Gasteiger partial charge in [-0.2, -0.15) is 0 Å². The molecule has 0 aromatic heterocycles. The number of nitrogens with zero attached hydrogens (tertiary/aromatic N) is 1. The Kier molecular flexibility index (Phi) is 6.50.